The van der Waals surface area contributed by atoms with Crippen molar-refractivity contribution < 1.29 is 4.92 Å². The van der Waals surface area contributed by atoms with Crippen molar-refractivity contribution in [1.29, 1.82) is 0 Å². The molecule has 0 aliphatic carbocycles. The van der Waals surface area contributed by atoms with Crippen LogP contribution < -0.4 is 4.90 Å². The molecule has 6 nitrogen and oxygen atoms in total. The Morgan fingerprint density at radius 1 is 1.05 bits per heavy atom. The van der Waals surface area contributed by atoms with Gasteiger partial charge < -0.3 is 4.90 Å². The number of benzene rings is 2. The van der Waals surface area contributed by atoms with Gasteiger partial charge in [-0.1, -0.05) is 30.3 Å². The Morgan fingerprint density at radius 2 is 1.77 bits per heavy atom. The quantitative estimate of drug-likeness (QED) is 0.547. The predicted octanol–water partition coefficient (Wildman–Crippen LogP) is 3.27. The molecule has 22 heavy (non-hydrogen) atoms. The molecule has 0 amide bonds. The number of hydrogen-bond acceptors (Lipinski definition) is 5. The molecule has 0 bridgehead atoms. The van der Waals surface area contributed by atoms with Crippen molar-refractivity contribution in [3.63, 3.8) is 0 Å². The van der Waals surface area contributed by atoms with E-state index >= 15 is 0 Å². The Balaban J connectivity index is 2.27. The van der Waals surface area contributed by atoms with Gasteiger partial charge in [-0.05, 0) is 6.07 Å². The molecule has 3 aromatic rings. The van der Waals surface area contributed by atoms with E-state index in [1.165, 1.54) is 12.1 Å². The molecule has 0 atom stereocenters. The number of rotatable bonds is 3. The zero-order chi connectivity index (χ0) is 15.7. The van der Waals surface area contributed by atoms with Crippen LogP contribution in [0.25, 0.3) is 22.3 Å². The molecule has 2 aromatic carbocycles. The van der Waals surface area contributed by atoms with Crippen LogP contribution in [0, 0.1) is 10.1 Å². The summed E-state index contributed by atoms with van der Waals surface area (Å²) in [6, 6.07) is 14.3. The molecule has 0 spiro atoms. The van der Waals surface area contributed by atoms with E-state index < -0.39 is 4.92 Å². The molecule has 0 aliphatic heterocycles. The minimum Gasteiger partial charge on any atom is -0.362 e. The molecule has 0 aliphatic rings. The Bertz CT molecular complexity index is 847. The summed E-state index contributed by atoms with van der Waals surface area (Å²) in [6.07, 6.45) is 0. The molecule has 0 unspecified atom stereocenters. The van der Waals surface area contributed by atoms with Crippen molar-refractivity contribution >= 4 is 22.4 Å². The highest BCUT2D eigenvalue weighted by Crippen LogP contribution is 2.29. The Hall–Kier alpha value is -3.02. The van der Waals surface area contributed by atoms with Gasteiger partial charge in [0.2, 0.25) is 0 Å². The Kier molecular flexibility index (Phi) is 3.42. The van der Waals surface area contributed by atoms with Gasteiger partial charge in [0, 0.05) is 37.2 Å². The Labute approximate surface area is 127 Å². The van der Waals surface area contributed by atoms with Crippen LogP contribution >= 0.6 is 0 Å². The fourth-order valence-electron chi connectivity index (χ4n) is 2.27. The van der Waals surface area contributed by atoms with E-state index in [2.05, 4.69) is 9.97 Å². The lowest BCUT2D eigenvalue weighted by Crippen LogP contribution is -2.12. The van der Waals surface area contributed by atoms with Crippen molar-refractivity contribution in [2.45, 2.75) is 0 Å². The number of anilines is 1. The molecule has 1 heterocycles. The van der Waals surface area contributed by atoms with Crippen molar-refractivity contribution in [1.82, 2.24) is 9.97 Å². The molecule has 3 rings (SSSR count). The fraction of sp³-hybridized carbons (Fsp3) is 0.125. The Morgan fingerprint density at radius 3 is 2.41 bits per heavy atom. The van der Waals surface area contributed by atoms with Crippen molar-refractivity contribution in [2.75, 3.05) is 19.0 Å². The van der Waals surface area contributed by atoms with Gasteiger partial charge in [0.05, 0.1) is 10.4 Å². The summed E-state index contributed by atoms with van der Waals surface area (Å²) in [6.45, 7) is 0. The standard InChI is InChI=1S/C16H14N4O2/c1-19(2)16-13-10-12(20(21)22)8-9-14(13)17-15(18-16)11-6-4-3-5-7-11/h3-10H,1-2H3. The third-order valence-corrected chi connectivity index (χ3v) is 3.33. The molecule has 110 valence electrons. The lowest BCUT2D eigenvalue weighted by atomic mass is 10.1. The average Bonchev–Trinajstić information content (AvgIpc) is 2.53. The monoisotopic (exact) mass is 294 g/mol. The molecular formula is C16H14N4O2. The van der Waals surface area contributed by atoms with Crippen LogP contribution in [0.5, 0.6) is 0 Å². The molecule has 0 fully saturated rings. The summed E-state index contributed by atoms with van der Waals surface area (Å²) in [4.78, 5) is 21.5. The van der Waals surface area contributed by atoms with Crippen LogP contribution in [0.15, 0.2) is 48.5 Å². The summed E-state index contributed by atoms with van der Waals surface area (Å²) in [5.41, 5.74) is 1.63. The van der Waals surface area contributed by atoms with E-state index in [1.807, 2.05) is 49.3 Å². The molecule has 0 N–H and O–H groups in total. The van der Waals surface area contributed by atoms with E-state index in [0.29, 0.717) is 22.5 Å². The second-order valence-corrected chi connectivity index (χ2v) is 5.09. The maximum atomic E-state index is 11.0. The van der Waals surface area contributed by atoms with Crippen LogP contribution in [-0.4, -0.2) is 29.0 Å². The summed E-state index contributed by atoms with van der Waals surface area (Å²) in [5, 5.41) is 11.6. The predicted molar refractivity (Wildman–Crippen MR) is 86.0 cm³/mol. The van der Waals surface area contributed by atoms with Crippen LogP contribution in [0.1, 0.15) is 0 Å². The van der Waals surface area contributed by atoms with Gasteiger partial charge in [-0.3, -0.25) is 10.1 Å². The first-order chi connectivity index (χ1) is 10.6. The molecular weight excluding hydrogens is 280 g/mol. The smallest absolute Gasteiger partial charge is 0.270 e. The molecule has 0 saturated carbocycles. The number of nitrogens with zero attached hydrogens (tertiary/aromatic N) is 4. The minimum absolute atomic E-state index is 0.0339. The van der Waals surface area contributed by atoms with Gasteiger partial charge in [-0.15, -0.1) is 0 Å². The highest BCUT2D eigenvalue weighted by atomic mass is 16.6. The van der Waals surface area contributed by atoms with E-state index in [9.17, 15) is 10.1 Å². The van der Waals surface area contributed by atoms with Crippen LogP contribution in [0.2, 0.25) is 0 Å². The molecule has 1 aromatic heterocycles. The van der Waals surface area contributed by atoms with E-state index in [0.717, 1.165) is 5.56 Å². The van der Waals surface area contributed by atoms with E-state index in [-0.39, 0.29) is 5.69 Å². The SMILES string of the molecule is CN(C)c1nc(-c2ccccc2)nc2ccc([N+](=O)[O-])cc12. The molecule has 0 radical (unpaired) electrons. The van der Waals surface area contributed by atoms with Crippen molar-refractivity contribution in [2.24, 2.45) is 0 Å². The molecule has 6 heteroatoms. The summed E-state index contributed by atoms with van der Waals surface area (Å²) in [7, 11) is 3.71. The largest absolute Gasteiger partial charge is 0.362 e. The number of nitro groups is 1. The first-order valence-corrected chi connectivity index (χ1v) is 6.75. The normalized spacial score (nSPS) is 10.6. The second kappa shape index (κ2) is 5.40. The van der Waals surface area contributed by atoms with E-state index in [1.54, 1.807) is 6.07 Å². The first-order valence-electron chi connectivity index (χ1n) is 6.75. The second-order valence-electron chi connectivity index (χ2n) is 5.09. The van der Waals surface area contributed by atoms with Crippen LogP contribution in [-0.2, 0) is 0 Å². The van der Waals surface area contributed by atoms with Gasteiger partial charge in [-0.25, -0.2) is 9.97 Å². The maximum Gasteiger partial charge on any atom is 0.270 e. The first kappa shape index (κ1) is 13.9. The average molecular weight is 294 g/mol. The third kappa shape index (κ3) is 2.46. The van der Waals surface area contributed by atoms with Gasteiger partial charge >= 0.3 is 0 Å². The zero-order valence-corrected chi connectivity index (χ0v) is 12.2. The summed E-state index contributed by atoms with van der Waals surface area (Å²) < 4.78 is 0. The lowest BCUT2D eigenvalue weighted by molar-refractivity contribution is -0.384. The number of nitro benzene ring substituents is 1. The highest BCUT2D eigenvalue weighted by Gasteiger charge is 2.14. The number of non-ortho nitro benzene ring substituents is 1. The molecule has 0 saturated heterocycles. The van der Waals surface area contributed by atoms with Gasteiger partial charge in [0.15, 0.2) is 5.82 Å². The minimum atomic E-state index is -0.413. The summed E-state index contributed by atoms with van der Waals surface area (Å²) >= 11 is 0. The van der Waals surface area contributed by atoms with Crippen LogP contribution in [0.3, 0.4) is 0 Å². The fourth-order valence-corrected chi connectivity index (χ4v) is 2.27. The maximum absolute atomic E-state index is 11.0. The number of hydrogen-bond donors (Lipinski definition) is 0. The number of aromatic nitrogens is 2. The topological polar surface area (TPSA) is 72.2 Å². The third-order valence-electron chi connectivity index (χ3n) is 3.33. The van der Waals surface area contributed by atoms with Gasteiger partial charge in [-0.2, -0.15) is 0 Å². The number of fused-ring (bicyclic) bond motifs is 1. The van der Waals surface area contributed by atoms with E-state index in [4.69, 9.17) is 0 Å². The van der Waals surface area contributed by atoms with Crippen molar-refractivity contribution in [3.8, 4) is 11.4 Å². The van der Waals surface area contributed by atoms with Gasteiger partial charge in [0.1, 0.15) is 5.82 Å². The zero-order valence-electron chi connectivity index (χ0n) is 12.2. The summed E-state index contributed by atoms with van der Waals surface area (Å²) in [5.74, 6) is 1.26. The lowest BCUT2D eigenvalue weighted by Gasteiger charge is -2.15. The van der Waals surface area contributed by atoms with Crippen LogP contribution in [0.4, 0.5) is 11.5 Å². The van der Waals surface area contributed by atoms with Crippen molar-refractivity contribution in [3.05, 3.63) is 58.6 Å². The highest BCUT2D eigenvalue weighted by molar-refractivity contribution is 5.92. The van der Waals surface area contributed by atoms with Gasteiger partial charge in [0.25, 0.3) is 5.69 Å².